The third-order valence-electron chi connectivity index (χ3n) is 2.16. The van der Waals surface area contributed by atoms with Crippen LogP contribution >= 0.6 is 0 Å². The van der Waals surface area contributed by atoms with Crippen LogP contribution in [0.15, 0.2) is 12.7 Å². The monoisotopic (exact) mass is 244 g/mol. The highest BCUT2D eigenvalue weighted by Gasteiger charge is 2.10. The van der Waals surface area contributed by atoms with Crippen LogP contribution in [-0.4, -0.2) is 67.3 Å². The SMILES string of the molecule is C=CCOC(=O)N(C)CCN(C)CCC(=O)O. The summed E-state index contributed by atoms with van der Waals surface area (Å²) in [5.74, 6) is -0.824. The summed E-state index contributed by atoms with van der Waals surface area (Å²) in [6.45, 7) is 5.20. The van der Waals surface area contributed by atoms with Crippen LogP contribution in [0.3, 0.4) is 0 Å². The molecule has 0 aliphatic rings. The molecule has 17 heavy (non-hydrogen) atoms. The highest BCUT2D eigenvalue weighted by atomic mass is 16.6. The van der Waals surface area contributed by atoms with Crippen LogP contribution in [0.4, 0.5) is 4.79 Å². The summed E-state index contributed by atoms with van der Waals surface area (Å²) in [6, 6.07) is 0. The van der Waals surface area contributed by atoms with Gasteiger partial charge in [0.1, 0.15) is 6.61 Å². The van der Waals surface area contributed by atoms with Crippen molar-refractivity contribution < 1.29 is 19.4 Å². The van der Waals surface area contributed by atoms with E-state index in [-0.39, 0.29) is 13.0 Å². The largest absolute Gasteiger partial charge is 0.481 e. The number of aliphatic carboxylic acids is 1. The molecule has 0 unspecified atom stereocenters. The predicted octanol–water partition coefficient (Wildman–Crippen LogP) is 0.647. The molecular formula is C11H20N2O4. The Balaban J connectivity index is 3.74. The Bertz CT molecular complexity index is 268. The number of hydrogen-bond donors (Lipinski definition) is 1. The fourth-order valence-corrected chi connectivity index (χ4v) is 1.05. The maximum atomic E-state index is 11.3. The molecule has 0 heterocycles. The lowest BCUT2D eigenvalue weighted by Crippen LogP contribution is -2.35. The maximum Gasteiger partial charge on any atom is 0.409 e. The summed E-state index contributed by atoms with van der Waals surface area (Å²) < 4.78 is 4.84. The second-order valence-corrected chi connectivity index (χ2v) is 3.73. The first-order valence-corrected chi connectivity index (χ1v) is 5.36. The number of nitrogens with zero attached hydrogens (tertiary/aromatic N) is 2. The fraction of sp³-hybridized carbons (Fsp3) is 0.636. The molecule has 0 rings (SSSR count). The zero-order chi connectivity index (χ0) is 13.3. The third kappa shape index (κ3) is 8.27. The van der Waals surface area contributed by atoms with Crippen LogP contribution in [-0.2, 0) is 9.53 Å². The van der Waals surface area contributed by atoms with Gasteiger partial charge in [-0.15, -0.1) is 0 Å². The average molecular weight is 244 g/mol. The standard InChI is InChI=1S/C11H20N2O4/c1-4-9-17-11(16)13(3)8-7-12(2)6-5-10(14)15/h4H,1,5-9H2,2-3H3,(H,14,15). The van der Waals surface area contributed by atoms with E-state index in [1.807, 2.05) is 11.9 Å². The fourth-order valence-electron chi connectivity index (χ4n) is 1.05. The van der Waals surface area contributed by atoms with Gasteiger partial charge in [0.05, 0.1) is 6.42 Å². The average Bonchev–Trinajstić information content (AvgIpc) is 2.30. The Morgan fingerprint density at radius 1 is 1.29 bits per heavy atom. The van der Waals surface area contributed by atoms with E-state index in [2.05, 4.69) is 6.58 Å². The number of likely N-dealkylation sites (N-methyl/N-ethyl adjacent to an activating group) is 2. The van der Waals surface area contributed by atoms with E-state index in [0.29, 0.717) is 19.6 Å². The number of amides is 1. The molecule has 0 saturated heterocycles. The second kappa shape index (κ2) is 8.58. The van der Waals surface area contributed by atoms with E-state index in [4.69, 9.17) is 9.84 Å². The maximum absolute atomic E-state index is 11.3. The van der Waals surface area contributed by atoms with E-state index in [1.165, 1.54) is 11.0 Å². The lowest BCUT2D eigenvalue weighted by Gasteiger charge is -2.21. The minimum absolute atomic E-state index is 0.0983. The number of carboxylic acids is 1. The van der Waals surface area contributed by atoms with E-state index < -0.39 is 12.1 Å². The molecule has 0 bridgehead atoms. The van der Waals surface area contributed by atoms with Gasteiger partial charge in [0.25, 0.3) is 0 Å². The van der Waals surface area contributed by atoms with Crippen molar-refractivity contribution in [2.75, 3.05) is 40.3 Å². The van der Waals surface area contributed by atoms with Crippen molar-refractivity contribution in [1.82, 2.24) is 9.80 Å². The summed E-state index contributed by atoms with van der Waals surface area (Å²) in [5, 5.41) is 8.50. The first-order chi connectivity index (χ1) is 7.97. The molecule has 0 atom stereocenters. The van der Waals surface area contributed by atoms with Gasteiger partial charge in [-0.1, -0.05) is 12.7 Å². The molecule has 0 fully saturated rings. The summed E-state index contributed by atoms with van der Waals surface area (Å²) >= 11 is 0. The van der Waals surface area contributed by atoms with Gasteiger partial charge in [-0.05, 0) is 7.05 Å². The number of carbonyl (C=O) groups excluding carboxylic acids is 1. The Morgan fingerprint density at radius 3 is 2.47 bits per heavy atom. The Kier molecular flexibility index (Phi) is 7.79. The van der Waals surface area contributed by atoms with E-state index in [1.54, 1.807) is 7.05 Å². The van der Waals surface area contributed by atoms with Crippen LogP contribution in [0.25, 0.3) is 0 Å². The highest BCUT2D eigenvalue weighted by molar-refractivity contribution is 5.67. The van der Waals surface area contributed by atoms with Crippen molar-refractivity contribution in [3.8, 4) is 0 Å². The van der Waals surface area contributed by atoms with Crippen molar-refractivity contribution in [2.45, 2.75) is 6.42 Å². The van der Waals surface area contributed by atoms with Gasteiger partial charge in [-0.2, -0.15) is 0 Å². The van der Waals surface area contributed by atoms with Crippen LogP contribution in [0.5, 0.6) is 0 Å². The lowest BCUT2D eigenvalue weighted by molar-refractivity contribution is -0.137. The smallest absolute Gasteiger partial charge is 0.409 e. The lowest BCUT2D eigenvalue weighted by atomic mass is 10.4. The highest BCUT2D eigenvalue weighted by Crippen LogP contribution is 1.93. The Morgan fingerprint density at radius 2 is 1.94 bits per heavy atom. The predicted molar refractivity (Wildman–Crippen MR) is 63.9 cm³/mol. The molecular weight excluding hydrogens is 224 g/mol. The molecule has 1 N–H and O–H groups in total. The van der Waals surface area contributed by atoms with Crippen LogP contribution in [0, 0.1) is 0 Å². The third-order valence-corrected chi connectivity index (χ3v) is 2.16. The number of carboxylic acid groups (broad SMARTS) is 1. The minimum Gasteiger partial charge on any atom is -0.481 e. The van der Waals surface area contributed by atoms with E-state index >= 15 is 0 Å². The zero-order valence-electron chi connectivity index (χ0n) is 10.4. The molecule has 6 nitrogen and oxygen atoms in total. The van der Waals surface area contributed by atoms with Gasteiger partial charge in [0.15, 0.2) is 0 Å². The zero-order valence-corrected chi connectivity index (χ0v) is 10.4. The van der Waals surface area contributed by atoms with Crippen LogP contribution in [0.1, 0.15) is 6.42 Å². The second-order valence-electron chi connectivity index (χ2n) is 3.73. The number of ether oxygens (including phenoxy) is 1. The molecule has 6 heteroatoms. The van der Waals surface area contributed by atoms with Crippen molar-refractivity contribution in [2.24, 2.45) is 0 Å². The van der Waals surface area contributed by atoms with E-state index in [9.17, 15) is 9.59 Å². The van der Waals surface area contributed by atoms with Crippen molar-refractivity contribution in [1.29, 1.82) is 0 Å². The van der Waals surface area contributed by atoms with Gasteiger partial charge in [0, 0.05) is 26.7 Å². The summed E-state index contributed by atoms with van der Waals surface area (Å²) in [5.41, 5.74) is 0. The number of hydrogen-bond acceptors (Lipinski definition) is 4. The van der Waals surface area contributed by atoms with E-state index in [0.717, 1.165) is 0 Å². The molecule has 0 aromatic heterocycles. The Hall–Kier alpha value is -1.56. The van der Waals surface area contributed by atoms with Crippen molar-refractivity contribution in [3.05, 3.63) is 12.7 Å². The van der Waals surface area contributed by atoms with Gasteiger partial charge in [-0.25, -0.2) is 4.79 Å². The molecule has 0 saturated carbocycles. The Labute approximate surface area is 101 Å². The number of carbonyl (C=O) groups is 2. The van der Waals surface area contributed by atoms with Crippen LogP contribution in [0.2, 0.25) is 0 Å². The number of rotatable bonds is 8. The van der Waals surface area contributed by atoms with Gasteiger partial charge in [0.2, 0.25) is 0 Å². The molecule has 0 aromatic rings. The van der Waals surface area contributed by atoms with Gasteiger partial charge in [-0.3, -0.25) is 4.79 Å². The van der Waals surface area contributed by atoms with Crippen LogP contribution < -0.4 is 0 Å². The normalized spacial score (nSPS) is 10.1. The quantitative estimate of drug-likeness (QED) is 0.635. The summed E-state index contributed by atoms with van der Waals surface area (Å²) in [6.07, 6.45) is 1.20. The molecule has 0 aliphatic carbocycles. The first-order valence-electron chi connectivity index (χ1n) is 5.36. The molecule has 0 radical (unpaired) electrons. The summed E-state index contributed by atoms with van der Waals surface area (Å²) in [7, 11) is 3.45. The van der Waals surface area contributed by atoms with Gasteiger partial charge >= 0.3 is 12.1 Å². The van der Waals surface area contributed by atoms with Crippen molar-refractivity contribution >= 4 is 12.1 Å². The molecule has 0 spiro atoms. The molecule has 98 valence electrons. The summed E-state index contributed by atoms with van der Waals surface area (Å²) in [4.78, 5) is 25.0. The van der Waals surface area contributed by atoms with Crippen molar-refractivity contribution in [3.63, 3.8) is 0 Å². The minimum atomic E-state index is -0.824. The topological polar surface area (TPSA) is 70.1 Å². The molecule has 0 aromatic carbocycles. The first kappa shape index (κ1) is 15.4. The van der Waals surface area contributed by atoms with Gasteiger partial charge < -0.3 is 19.6 Å². The molecule has 0 aliphatic heterocycles. The molecule has 1 amide bonds.